The van der Waals surface area contributed by atoms with Gasteiger partial charge in [-0.3, -0.25) is 4.79 Å². The zero-order valence-electron chi connectivity index (χ0n) is 11.8. The van der Waals surface area contributed by atoms with Crippen molar-refractivity contribution < 1.29 is 4.79 Å². The van der Waals surface area contributed by atoms with Crippen LogP contribution in [0.2, 0.25) is 0 Å². The van der Waals surface area contributed by atoms with E-state index in [1.807, 2.05) is 31.2 Å². The first-order valence-corrected chi connectivity index (χ1v) is 8.24. The minimum atomic E-state index is 0.0677. The molecule has 1 atom stereocenters. The number of nitrogens with one attached hydrogen (secondary N) is 1. The Labute approximate surface area is 124 Å². The van der Waals surface area contributed by atoms with Gasteiger partial charge in [0.2, 0.25) is 5.91 Å². The van der Waals surface area contributed by atoms with E-state index in [-0.39, 0.29) is 11.2 Å². The summed E-state index contributed by atoms with van der Waals surface area (Å²) in [4.78, 5) is 16.7. The summed E-state index contributed by atoms with van der Waals surface area (Å²) in [6.45, 7) is 2.04. The van der Waals surface area contributed by atoms with Crippen LogP contribution in [-0.4, -0.2) is 16.3 Å². The van der Waals surface area contributed by atoms with Crippen LogP contribution in [0, 0.1) is 12.8 Å². The quantitative estimate of drug-likeness (QED) is 0.899. The van der Waals surface area contributed by atoms with Crippen LogP contribution < -0.4 is 5.32 Å². The number of rotatable bonds is 2. The fraction of sp³-hybridized carbons (Fsp3) is 0.500. The molecule has 3 rings (SSSR count). The van der Waals surface area contributed by atoms with Crippen LogP contribution in [0.25, 0.3) is 0 Å². The summed E-state index contributed by atoms with van der Waals surface area (Å²) >= 11 is 1.62. The van der Waals surface area contributed by atoms with Gasteiger partial charge in [0.15, 0.2) is 5.17 Å². The van der Waals surface area contributed by atoms with Crippen molar-refractivity contribution in [1.29, 1.82) is 0 Å². The summed E-state index contributed by atoms with van der Waals surface area (Å²) < 4.78 is 0. The van der Waals surface area contributed by atoms with Crippen LogP contribution in [0.3, 0.4) is 0 Å². The predicted octanol–water partition coefficient (Wildman–Crippen LogP) is 3.79. The molecule has 4 heteroatoms. The number of hydrogen-bond donors (Lipinski definition) is 1. The van der Waals surface area contributed by atoms with Crippen molar-refractivity contribution >= 4 is 28.5 Å². The number of carbonyl (C=O) groups is 1. The molecule has 3 nitrogen and oxygen atoms in total. The van der Waals surface area contributed by atoms with Gasteiger partial charge in [0, 0.05) is 0 Å². The van der Waals surface area contributed by atoms with Gasteiger partial charge in [0.25, 0.3) is 0 Å². The lowest BCUT2D eigenvalue weighted by Crippen LogP contribution is -2.30. The van der Waals surface area contributed by atoms with E-state index in [0.717, 1.165) is 16.4 Å². The Bertz CT molecular complexity index is 535. The second-order valence-corrected chi connectivity index (χ2v) is 6.76. The molecule has 1 saturated heterocycles. The summed E-state index contributed by atoms with van der Waals surface area (Å²) in [5.74, 6) is 0.674. The highest BCUT2D eigenvalue weighted by atomic mass is 32.2. The smallest absolute Gasteiger partial charge is 0.239 e. The van der Waals surface area contributed by atoms with E-state index in [1.54, 1.807) is 11.8 Å². The molecule has 0 aromatic heterocycles. The molecule has 0 spiro atoms. The van der Waals surface area contributed by atoms with Crippen molar-refractivity contribution in [3.63, 3.8) is 0 Å². The third-order valence-electron chi connectivity index (χ3n) is 4.14. The van der Waals surface area contributed by atoms with Crippen molar-refractivity contribution in [2.75, 3.05) is 0 Å². The summed E-state index contributed by atoms with van der Waals surface area (Å²) in [5, 5.41) is 3.78. The minimum absolute atomic E-state index is 0.0677. The Hall–Kier alpha value is -1.29. The zero-order valence-corrected chi connectivity index (χ0v) is 12.6. The Kier molecular flexibility index (Phi) is 4.10. The second kappa shape index (κ2) is 6.00. The van der Waals surface area contributed by atoms with Crippen molar-refractivity contribution in [2.24, 2.45) is 10.9 Å². The first-order valence-electron chi connectivity index (χ1n) is 7.36. The molecule has 1 heterocycles. The number of carbonyl (C=O) groups excluding carboxylic acids is 1. The molecule has 2 aliphatic rings. The van der Waals surface area contributed by atoms with E-state index >= 15 is 0 Å². The maximum Gasteiger partial charge on any atom is 0.239 e. The molecule has 2 fully saturated rings. The molecule has 1 aliphatic heterocycles. The van der Waals surface area contributed by atoms with E-state index < -0.39 is 0 Å². The Balaban J connectivity index is 1.74. The molecular weight excluding hydrogens is 268 g/mol. The van der Waals surface area contributed by atoms with Crippen molar-refractivity contribution in [2.45, 2.75) is 44.3 Å². The maximum atomic E-state index is 12.1. The average Bonchev–Trinajstić information content (AvgIpc) is 2.83. The third-order valence-corrected chi connectivity index (χ3v) is 5.41. The molecule has 0 radical (unpaired) electrons. The third kappa shape index (κ3) is 2.90. The monoisotopic (exact) mass is 288 g/mol. The van der Waals surface area contributed by atoms with Gasteiger partial charge in [-0.2, -0.15) is 0 Å². The summed E-state index contributed by atoms with van der Waals surface area (Å²) in [6.07, 6.45) is 6.21. The average molecular weight is 288 g/mol. The van der Waals surface area contributed by atoms with Crippen molar-refractivity contribution in [3.05, 3.63) is 29.8 Å². The summed E-state index contributed by atoms with van der Waals surface area (Å²) in [5.41, 5.74) is 2.08. The molecule has 1 N–H and O–H groups in total. The molecule has 0 bridgehead atoms. The number of amidine groups is 1. The molecule has 1 aromatic rings. The molecule has 20 heavy (non-hydrogen) atoms. The highest BCUT2D eigenvalue weighted by Crippen LogP contribution is 2.36. The van der Waals surface area contributed by atoms with Gasteiger partial charge in [-0.15, -0.1) is 0 Å². The first kappa shape index (κ1) is 13.7. The number of para-hydroxylation sites is 1. The van der Waals surface area contributed by atoms with Crippen LogP contribution in [-0.2, 0) is 4.79 Å². The zero-order chi connectivity index (χ0) is 13.9. The lowest BCUT2D eigenvalue weighted by Gasteiger charge is -2.24. The number of hydrogen-bond acceptors (Lipinski definition) is 3. The maximum absolute atomic E-state index is 12.1. The molecule has 1 amide bonds. The molecule has 1 unspecified atom stereocenters. The first-order chi connectivity index (χ1) is 9.74. The second-order valence-electron chi connectivity index (χ2n) is 5.63. The van der Waals surface area contributed by atoms with Crippen LogP contribution in [0.4, 0.5) is 5.69 Å². The fourth-order valence-electron chi connectivity index (χ4n) is 2.98. The van der Waals surface area contributed by atoms with Gasteiger partial charge in [-0.25, -0.2) is 4.99 Å². The molecular formula is C16H20N2OS. The van der Waals surface area contributed by atoms with Crippen molar-refractivity contribution in [1.82, 2.24) is 5.32 Å². The van der Waals surface area contributed by atoms with Crippen LogP contribution in [0.1, 0.15) is 37.7 Å². The highest BCUT2D eigenvalue weighted by molar-refractivity contribution is 8.15. The number of nitrogens with zero attached hydrogens (tertiary/aromatic N) is 1. The Morgan fingerprint density at radius 3 is 2.70 bits per heavy atom. The number of benzene rings is 1. The number of thioether (sulfide) groups is 1. The molecule has 106 valence electrons. The van der Waals surface area contributed by atoms with Crippen LogP contribution in [0.5, 0.6) is 0 Å². The number of amides is 1. The lowest BCUT2D eigenvalue weighted by atomic mass is 9.86. The Morgan fingerprint density at radius 2 is 1.95 bits per heavy atom. The number of aliphatic imine (C=N–C) groups is 1. The molecule has 1 saturated carbocycles. The van der Waals surface area contributed by atoms with E-state index in [2.05, 4.69) is 10.3 Å². The van der Waals surface area contributed by atoms with Crippen molar-refractivity contribution in [3.8, 4) is 0 Å². The predicted molar refractivity (Wildman–Crippen MR) is 84.4 cm³/mol. The van der Waals surface area contributed by atoms with Gasteiger partial charge in [0.05, 0.1) is 10.9 Å². The van der Waals surface area contributed by atoms with Gasteiger partial charge in [-0.05, 0) is 37.3 Å². The molecule has 1 aliphatic carbocycles. The lowest BCUT2D eigenvalue weighted by molar-refractivity contribution is -0.119. The van der Waals surface area contributed by atoms with E-state index in [1.165, 1.54) is 32.1 Å². The summed E-state index contributed by atoms with van der Waals surface area (Å²) in [7, 11) is 0. The largest absolute Gasteiger partial charge is 0.304 e. The number of aryl methyl sites for hydroxylation is 1. The van der Waals surface area contributed by atoms with E-state index in [4.69, 9.17) is 0 Å². The van der Waals surface area contributed by atoms with Gasteiger partial charge < -0.3 is 5.32 Å². The summed E-state index contributed by atoms with van der Waals surface area (Å²) in [6, 6.07) is 8.01. The minimum Gasteiger partial charge on any atom is -0.304 e. The fourth-order valence-corrected chi connectivity index (χ4v) is 4.16. The van der Waals surface area contributed by atoms with Crippen LogP contribution in [0.15, 0.2) is 29.3 Å². The van der Waals surface area contributed by atoms with Gasteiger partial charge >= 0.3 is 0 Å². The SMILES string of the molecule is Cc1ccccc1N=C1NC(=O)C(C2CCCCC2)S1. The molecule has 1 aromatic carbocycles. The van der Waals surface area contributed by atoms with Gasteiger partial charge in [0.1, 0.15) is 0 Å². The van der Waals surface area contributed by atoms with Crippen LogP contribution >= 0.6 is 11.8 Å². The van der Waals surface area contributed by atoms with E-state index in [0.29, 0.717) is 5.92 Å². The van der Waals surface area contributed by atoms with Gasteiger partial charge in [-0.1, -0.05) is 49.2 Å². The standard InChI is InChI=1S/C16H20N2OS/c1-11-7-5-6-10-13(11)17-16-18-15(19)14(20-16)12-8-3-2-4-9-12/h5-7,10,12,14H,2-4,8-9H2,1H3,(H,17,18,19). The normalized spacial score (nSPS) is 25.9. The van der Waals surface area contributed by atoms with E-state index in [9.17, 15) is 4.79 Å². The highest BCUT2D eigenvalue weighted by Gasteiger charge is 2.37. The topological polar surface area (TPSA) is 41.5 Å². The Morgan fingerprint density at radius 1 is 1.20 bits per heavy atom.